The molecule has 2 aromatic carbocycles. The maximum Gasteiger partial charge on any atom is 0.251 e. The molecule has 32 heavy (non-hydrogen) atoms. The fourth-order valence-electron chi connectivity index (χ4n) is 3.39. The Labute approximate surface area is 189 Å². The molecule has 0 aliphatic carbocycles. The molecule has 2 N–H and O–H groups in total. The summed E-state index contributed by atoms with van der Waals surface area (Å²) in [6.07, 6.45) is 0.318. The third kappa shape index (κ3) is 6.65. The van der Waals surface area contributed by atoms with E-state index in [2.05, 4.69) is 31.4 Å². The van der Waals surface area contributed by atoms with Crippen molar-refractivity contribution in [2.24, 2.45) is 0 Å². The number of hydrogen-bond acceptors (Lipinski definition) is 4. The van der Waals surface area contributed by atoms with Crippen LogP contribution in [0, 0.1) is 0 Å². The first-order chi connectivity index (χ1) is 15.2. The molecule has 1 saturated heterocycles. The summed E-state index contributed by atoms with van der Waals surface area (Å²) >= 11 is 0. The minimum atomic E-state index is -0.318. The number of carbonyl (C=O) groups excluding carboxylic acids is 3. The third-order valence-corrected chi connectivity index (χ3v) is 5.38. The van der Waals surface area contributed by atoms with E-state index in [0.717, 1.165) is 11.1 Å². The molecule has 1 fully saturated rings. The number of anilines is 1. The van der Waals surface area contributed by atoms with Crippen LogP contribution in [0.3, 0.4) is 0 Å². The van der Waals surface area contributed by atoms with E-state index in [1.54, 1.807) is 29.2 Å². The molecular formula is C25H31N3O4. The van der Waals surface area contributed by atoms with Crippen molar-refractivity contribution in [1.82, 2.24) is 10.2 Å². The Morgan fingerprint density at radius 2 is 1.56 bits per heavy atom. The molecule has 1 aliphatic rings. The van der Waals surface area contributed by atoms with E-state index in [0.29, 0.717) is 44.0 Å². The van der Waals surface area contributed by atoms with Crippen molar-refractivity contribution in [3.05, 3.63) is 65.2 Å². The van der Waals surface area contributed by atoms with Gasteiger partial charge in [-0.15, -0.1) is 0 Å². The molecule has 7 heteroatoms. The average Bonchev–Trinajstić information content (AvgIpc) is 2.79. The van der Waals surface area contributed by atoms with Gasteiger partial charge in [-0.25, -0.2) is 0 Å². The largest absolute Gasteiger partial charge is 0.378 e. The van der Waals surface area contributed by atoms with Crippen molar-refractivity contribution in [2.75, 3.05) is 38.2 Å². The van der Waals surface area contributed by atoms with Gasteiger partial charge in [0.2, 0.25) is 11.8 Å². The lowest BCUT2D eigenvalue weighted by molar-refractivity contribution is -0.134. The zero-order valence-electron chi connectivity index (χ0n) is 18.9. The van der Waals surface area contributed by atoms with Gasteiger partial charge in [0.05, 0.1) is 26.2 Å². The number of hydrogen-bond donors (Lipinski definition) is 2. The van der Waals surface area contributed by atoms with Crippen LogP contribution >= 0.6 is 0 Å². The molecule has 0 bridgehead atoms. The van der Waals surface area contributed by atoms with Crippen molar-refractivity contribution in [3.8, 4) is 0 Å². The van der Waals surface area contributed by atoms with Gasteiger partial charge in [0.25, 0.3) is 5.91 Å². The summed E-state index contributed by atoms with van der Waals surface area (Å²) in [6.45, 7) is 8.61. The second-order valence-electron chi connectivity index (χ2n) is 8.93. The molecule has 1 heterocycles. The van der Waals surface area contributed by atoms with Crippen molar-refractivity contribution >= 4 is 23.4 Å². The van der Waals surface area contributed by atoms with Gasteiger partial charge in [0, 0.05) is 24.3 Å². The molecule has 3 amide bonds. The van der Waals surface area contributed by atoms with Crippen LogP contribution in [0.5, 0.6) is 0 Å². The highest BCUT2D eigenvalue weighted by molar-refractivity contribution is 5.99. The molecule has 0 spiro atoms. The Bertz CT molecular complexity index is 941. The van der Waals surface area contributed by atoms with Gasteiger partial charge in [-0.3, -0.25) is 14.4 Å². The smallest absolute Gasteiger partial charge is 0.251 e. The summed E-state index contributed by atoms with van der Waals surface area (Å²) in [7, 11) is 0. The van der Waals surface area contributed by atoms with Crippen LogP contribution in [0.2, 0.25) is 0 Å². The standard InChI is InChI=1S/C25H31N3O4/c1-25(2,3)20-8-6-19(7-9-20)24(31)26-17-22(29)27-21-10-4-18(5-11-21)16-23(30)28-12-14-32-15-13-28/h4-11H,12-17H2,1-3H3,(H,26,31)(H,27,29). The summed E-state index contributed by atoms with van der Waals surface area (Å²) < 4.78 is 5.27. The van der Waals surface area contributed by atoms with Gasteiger partial charge >= 0.3 is 0 Å². The highest BCUT2D eigenvalue weighted by atomic mass is 16.5. The van der Waals surface area contributed by atoms with Crippen LogP contribution in [0.1, 0.15) is 42.3 Å². The predicted molar refractivity (Wildman–Crippen MR) is 124 cm³/mol. The third-order valence-electron chi connectivity index (χ3n) is 5.38. The molecule has 2 aromatic rings. The number of benzene rings is 2. The average molecular weight is 438 g/mol. The topological polar surface area (TPSA) is 87.7 Å². The lowest BCUT2D eigenvalue weighted by Crippen LogP contribution is -2.41. The number of nitrogens with one attached hydrogen (secondary N) is 2. The second-order valence-corrected chi connectivity index (χ2v) is 8.93. The number of ether oxygens (including phenoxy) is 1. The van der Waals surface area contributed by atoms with Crippen LogP contribution in [0.4, 0.5) is 5.69 Å². The Morgan fingerprint density at radius 3 is 2.16 bits per heavy atom. The Kier molecular flexibility index (Phi) is 7.64. The summed E-state index contributed by atoms with van der Waals surface area (Å²) in [6, 6.07) is 14.6. The van der Waals surface area contributed by atoms with Gasteiger partial charge in [-0.2, -0.15) is 0 Å². The summed E-state index contributed by atoms with van der Waals surface area (Å²) in [5.74, 6) is -0.539. The van der Waals surface area contributed by atoms with Crippen LogP contribution in [-0.2, 0) is 26.2 Å². The second kappa shape index (κ2) is 10.4. The first-order valence-corrected chi connectivity index (χ1v) is 10.9. The zero-order valence-corrected chi connectivity index (χ0v) is 18.9. The highest BCUT2D eigenvalue weighted by Crippen LogP contribution is 2.22. The lowest BCUT2D eigenvalue weighted by atomic mass is 9.87. The highest BCUT2D eigenvalue weighted by Gasteiger charge is 2.17. The maximum atomic E-state index is 12.3. The molecule has 170 valence electrons. The minimum Gasteiger partial charge on any atom is -0.378 e. The molecule has 0 radical (unpaired) electrons. The first-order valence-electron chi connectivity index (χ1n) is 10.9. The van der Waals surface area contributed by atoms with Crippen molar-refractivity contribution in [3.63, 3.8) is 0 Å². The summed E-state index contributed by atoms with van der Waals surface area (Å²) in [5.41, 5.74) is 3.16. The fraction of sp³-hybridized carbons (Fsp3) is 0.400. The van der Waals surface area contributed by atoms with Gasteiger partial charge < -0.3 is 20.3 Å². The fourth-order valence-corrected chi connectivity index (χ4v) is 3.39. The van der Waals surface area contributed by atoms with Crippen molar-refractivity contribution in [1.29, 1.82) is 0 Å². The van der Waals surface area contributed by atoms with Crippen LogP contribution in [0.25, 0.3) is 0 Å². The number of rotatable bonds is 6. The Morgan fingerprint density at radius 1 is 0.938 bits per heavy atom. The van der Waals surface area contributed by atoms with Crippen LogP contribution in [0.15, 0.2) is 48.5 Å². The SMILES string of the molecule is CC(C)(C)c1ccc(C(=O)NCC(=O)Nc2ccc(CC(=O)N3CCOCC3)cc2)cc1. The van der Waals surface area contributed by atoms with Crippen LogP contribution in [-0.4, -0.2) is 55.5 Å². The molecule has 0 aromatic heterocycles. The van der Waals surface area contributed by atoms with E-state index in [1.165, 1.54) is 0 Å². The monoisotopic (exact) mass is 437 g/mol. The van der Waals surface area contributed by atoms with Crippen molar-refractivity contribution in [2.45, 2.75) is 32.6 Å². The van der Waals surface area contributed by atoms with E-state index in [1.807, 2.05) is 24.3 Å². The predicted octanol–water partition coefficient (Wildman–Crippen LogP) is 2.75. The molecule has 7 nitrogen and oxygen atoms in total. The maximum absolute atomic E-state index is 12.3. The minimum absolute atomic E-state index is 0.0141. The molecule has 0 atom stereocenters. The van der Waals surface area contributed by atoms with Gasteiger partial charge in [0.1, 0.15) is 0 Å². The van der Waals surface area contributed by atoms with E-state index < -0.39 is 0 Å². The van der Waals surface area contributed by atoms with E-state index in [-0.39, 0.29) is 29.7 Å². The van der Waals surface area contributed by atoms with E-state index in [9.17, 15) is 14.4 Å². The molecule has 3 rings (SSSR count). The lowest BCUT2D eigenvalue weighted by Gasteiger charge is -2.26. The van der Waals surface area contributed by atoms with Gasteiger partial charge in [-0.1, -0.05) is 45.0 Å². The number of nitrogens with zero attached hydrogens (tertiary/aromatic N) is 1. The molecular weight excluding hydrogens is 406 g/mol. The molecule has 1 aliphatic heterocycles. The van der Waals surface area contributed by atoms with Crippen molar-refractivity contribution < 1.29 is 19.1 Å². The number of carbonyl (C=O) groups is 3. The summed E-state index contributed by atoms with van der Waals surface area (Å²) in [4.78, 5) is 38.6. The normalized spacial score (nSPS) is 14.0. The van der Waals surface area contributed by atoms with Crippen LogP contribution < -0.4 is 10.6 Å². The van der Waals surface area contributed by atoms with E-state index >= 15 is 0 Å². The Balaban J connectivity index is 1.45. The van der Waals surface area contributed by atoms with Gasteiger partial charge in [-0.05, 0) is 40.8 Å². The number of morpholine rings is 1. The molecule has 0 unspecified atom stereocenters. The molecule has 0 saturated carbocycles. The first kappa shape index (κ1) is 23.5. The van der Waals surface area contributed by atoms with Gasteiger partial charge in [0.15, 0.2) is 0 Å². The number of amides is 3. The quantitative estimate of drug-likeness (QED) is 0.728. The van der Waals surface area contributed by atoms with E-state index in [4.69, 9.17) is 4.74 Å². The summed E-state index contributed by atoms with van der Waals surface area (Å²) in [5, 5.41) is 5.40. The zero-order chi connectivity index (χ0) is 23.1. The Hall–Kier alpha value is -3.19.